The van der Waals surface area contributed by atoms with Gasteiger partial charge in [0.2, 0.25) is 5.91 Å². The number of piperidine rings is 1. The van der Waals surface area contributed by atoms with Crippen LogP contribution in [-0.4, -0.2) is 18.5 Å². The van der Waals surface area contributed by atoms with Gasteiger partial charge >= 0.3 is 0 Å². The SMILES string of the molecule is O=C1CCC(NCc2ccc(F)cc2F)CN1. The number of benzene rings is 1. The number of hydrogen-bond acceptors (Lipinski definition) is 2. The number of hydrogen-bond donors (Lipinski definition) is 2. The summed E-state index contributed by atoms with van der Waals surface area (Å²) in [6, 6.07) is 3.69. The predicted octanol–water partition coefficient (Wildman–Crippen LogP) is 1.33. The molecule has 1 unspecified atom stereocenters. The van der Waals surface area contributed by atoms with Gasteiger partial charge in [0, 0.05) is 37.2 Å². The van der Waals surface area contributed by atoms with Crippen LogP contribution < -0.4 is 10.6 Å². The maximum absolute atomic E-state index is 13.3. The highest BCUT2D eigenvalue weighted by molar-refractivity contribution is 5.76. The zero-order chi connectivity index (χ0) is 12.3. The molecular formula is C12H14F2N2O. The van der Waals surface area contributed by atoms with Crippen molar-refractivity contribution in [2.45, 2.75) is 25.4 Å². The van der Waals surface area contributed by atoms with E-state index in [0.717, 1.165) is 12.5 Å². The summed E-state index contributed by atoms with van der Waals surface area (Å²) in [7, 11) is 0. The van der Waals surface area contributed by atoms with Gasteiger partial charge in [0.1, 0.15) is 11.6 Å². The Kier molecular flexibility index (Phi) is 3.68. The highest BCUT2D eigenvalue weighted by atomic mass is 19.1. The summed E-state index contributed by atoms with van der Waals surface area (Å²) < 4.78 is 26.0. The summed E-state index contributed by atoms with van der Waals surface area (Å²) in [6.45, 7) is 0.897. The van der Waals surface area contributed by atoms with Crippen LogP contribution in [0.15, 0.2) is 18.2 Å². The summed E-state index contributed by atoms with van der Waals surface area (Å²) in [4.78, 5) is 10.9. The molecule has 1 aliphatic heterocycles. The number of halogens is 2. The van der Waals surface area contributed by atoms with Gasteiger partial charge in [-0.2, -0.15) is 0 Å². The second-order valence-electron chi connectivity index (χ2n) is 4.16. The van der Waals surface area contributed by atoms with E-state index in [1.807, 2.05) is 0 Å². The Balaban J connectivity index is 1.87. The molecule has 1 fully saturated rings. The van der Waals surface area contributed by atoms with Crippen molar-refractivity contribution < 1.29 is 13.6 Å². The van der Waals surface area contributed by atoms with Crippen LogP contribution in [0.4, 0.5) is 8.78 Å². The third-order valence-electron chi connectivity index (χ3n) is 2.86. The molecular weight excluding hydrogens is 226 g/mol. The number of rotatable bonds is 3. The third-order valence-corrected chi connectivity index (χ3v) is 2.86. The van der Waals surface area contributed by atoms with E-state index < -0.39 is 11.6 Å². The molecule has 5 heteroatoms. The van der Waals surface area contributed by atoms with Crippen molar-refractivity contribution in [2.75, 3.05) is 6.54 Å². The van der Waals surface area contributed by atoms with E-state index in [0.29, 0.717) is 25.1 Å². The minimum absolute atomic E-state index is 0.0519. The first-order valence-electron chi connectivity index (χ1n) is 5.59. The van der Waals surface area contributed by atoms with E-state index >= 15 is 0 Å². The fourth-order valence-corrected chi connectivity index (χ4v) is 1.83. The number of carbonyl (C=O) groups is 1. The van der Waals surface area contributed by atoms with Gasteiger partial charge in [-0.05, 0) is 12.5 Å². The van der Waals surface area contributed by atoms with Crippen LogP contribution >= 0.6 is 0 Å². The molecule has 0 spiro atoms. The van der Waals surface area contributed by atoms with Crippen LogP contribution in [0.25, 0.3) is 0 Å². The Bertz CT molecular complexity index is 413. The van der Waals surface area contributed by atoms with Gasteiger partial charge in [-0.25, -0.2) is 8.78 Å². The van der Waals surface area contributed by atoms with Crippen molar-refractivity contribution in [1.82, 2.24) is 10.6 Å². The van der Waals surface area contributed by atoms with Gasteiger partial charge in [-0.1, -0.05) is 6.07 Å². The molecule has 1 saturated heterocycles. The lowest BCUT2D eigenvalue weighted by Crippen LogP contribution is -2.45. The van der Waals surface area contributed by atoms with Gasteiger partial charge in [0.15, 0.2) is 0 Å². The van der Waals surface area contributed by atoms with Crippen LogP contribution in [0.2, 0.25) is 0 Å². The normalized spacial score (nSPS) is 20.1. The van der Waals surface area contributed by atoms with Gasteiger partial charge in [0.25, 0.3) is 0 Å². The van der Waals surface area contributed by atoms with Crippen molar-refractivity contribution in [3.63, 3.8) is 0 Å². The van der Waals surface area contributed by atoms with Crippen molar-refractivity contribution in [2.24, 2.45) is 0 Å². The maximum atomic E-state index is 13.3. The van der Waals surface area contributed by atoms with Crippen molar-refractivity contribution in [3.05, 3.63) is 35.4 Å². The summed E-state index contributed by atoms with van der Waals surface area (Å²) in [5.41, 5.74) is 0.434. The van der Waals surface area contributed by atoms with E-state index in [9.17, 15) is 13.6 Å². The zero-order valence-electron chi connectivity index (χ0n) is 9.30. The quantitative estimate of drug-likeness (QED) is 0.837. The highest BCUT2D eigenvalue weighted by Gasteiger charge is 2.17. The molecule has 1 aromatic carbocycles. The molecule has 1 amide bonds. The number of nitrogens with one attached hydrogen (secondary N) is 2. The zero-order valence-corrected chi connectivity index (χ0v) is 9.30. The summed E-state index contributed by atoms with van der Waals surface area (Å²) >= 11 is 0. The molecule has 0 saturated carbocycles. The van der Waals surface area contributed by atoms with Crippen LogP contribution in [0.5, 0.6) is 0 Å². The van der Waals surface area contributed by atoms with Gasteiger partial charge in [0.05, 0.1) is 0 Å². The molecule has 2 N–H and O–H groups in total. The van der Waals surface area contributed by atoms with Gasteiger partial charge in [-0.3, -0.25) is 4.79 Å². The largest absolute Gasteiger partial charge is 0.355 e. The van der Waals surface area contributed by atoms with Crippen molar-refractivity contribution in [3.8, 4) is 0 Å². The van der Waals surface area contributed by atoms with Crippen LogP contribution in [0, 0.1) is 11.6 Å². The molecule has 0 aromatic heterocycles. The topological polar surface area (TPSA) is 41.1 Å². The molecule has 3 nitrogen and oxygen atoms in total. The standard InChI is InChI=1S/C12H14F2N2O/c13-9-2-1-8(11(14)5-9)6-15-10-3-4-12(17)16-7-10/h1-2,5,10,15H,3-4,6-7H2,(H,16,17). The number of carbonyl (C=O) groups excluding carboxylic acids is 1. The average molecular weight is 240 g/mol. The Morgan fingerprint density at radius 3 is 2.88 bits per heavy atom. The highest BCUT2D eigenvalue weighted by Crippen LogP contribution is 2.10. The Hall–Kier alpha value is -1.49. The molecule has 1 atom stereocenters. The van der Waals surface area contributed by atoms with Crippen LogP contribution in [0.1, 0.15) is 18.4 Å². The molecule has 1 aromatic rings. The lowest BCUT2D eigenvalue weighted by molar-refractivity contribution is -0.122. The van der Waals surface area contributed by atoms with Crippen molar-refractivity contribution in [1.29, 1.82) is 0 Å². The average Bonchev–Trinajstić information content (AvgIpc) is 2.30. The summed E-state index contributed by atoms with van der Waals surface area (Å²) in [5, 5.41) is 5.88. The molecule has 0 radical (unpaired) electrons. The minimum Gasteiger partial charge on any atom is -0.355 e. The fraction of sp³-hybridized carbons (Fsp3) is 0.417. The molecule has 2 rings (SSSR count). The van der Waals surface area contributed by atoms with Crippen LogP contribution in [0.3, 0.4) is 0 Å². The monoisotopic (exact) mass is 240 g/mol. The molecule has 0 aliphatic carbocycles. The van der Waals surface area contributed by atoms with E-state index in [1.165, 1.54) is 12.1 Å². The number of amides is 1. The Morgan fingerprint density at radius 1 is 1.41 bits per heavy atom. The first-order chi connectivity index (χ1) is 8.15. The summed E-state index contributed by atoms with van der Waals surface area (Å²) in [5.74, 6) is -1.07. The maximum Gasteiger partial charge on any atom is 0.220 e. The van der Waals surface area contributed by atoms with E-state index in [-0.39, 0.29) is 11.9 Å². The Morgan fingerprint density at radius 2 is 2.24 bits per heavy atom. The van der Waals surface area contributed by atoms with Gasteiger partial charge < -0.3 is 10.6 Å². The van der Waals surface area contributed by atoms with E-state index in [1.54, 1.807) is 0 Å². The second kappa shape index (κ2) is 5.23. The Labute approximate surface area is 98.2 Å². The molecule has 1 aliphatic rings. The molecule has 0 bridgehead atoms. The first-order valence-corrected chi connectivity index (χ1v) is 5.59. The van der Waals surface area contributed by atoms with Gasteiger partial charge in [-0.15, -0.1) is 0 Å². The predicted molar refractivity (Wildman–Crippen MR) is 59.2 cm³/mol. The van der Waals surface area contributed by atoms with Crippen LogP contribution in [-0.2, 0) is 11.3 Å². The fourth-order valence-electron chi connectivity index (χ4n) is 1.83. The second-order valence-corrected chi connectivity index (χ2v) is 4.16. The lowest BCUT2D eigenvalue weighted by Gasteiger charge is -2.23. The molecule has 1 heterocycles. The summed E-state index contributed by atoms with van der Waals surface area (Å²) in [6.07, 6.45) is 1.23. The first kappa shape index (κ1) is 12.0. The molecule has 17 heavy (non-hydrogen) atoms. The smallest absolute Gasteiger partial charge is 0.220 e. The third kappa shape index (κ3) is 3.23. The van der Waals surface area contributed by atoms with Crippen molar-refractivity contribution >= 4 is 5.91 Å². The lowest BCUT2D eigenvalue weighted by atomic mass is 10.1. The molecule has 92 valence electrons. The van der Waals surface area contributed by atoms with E-state index in [2.05, 4.69) is 10.6 Å². The van der Waals surface area contributed by atoms with E-state index in [4.69, 9.17) is 0 Å². The minimum atomic E-state index is -0.573.